The summed E-state index contributed by atoms with van der Waals surface area (Å²) in [5.41, 5.74) is 2.65. The Kier molecular flexibility index (Phi) is 3.94. The van der Waals surface area contributed by atoms with Gasteiger partial charge in [0.15, 0.2) is 5.69 Å². The van der Waals surface area contributed by atoms with E-state index < -0.39 is 0 Å². The molecule has 19 heavy (non-hydrogen) atoms. The first kappa shape index (κ1) is 13.3. The number of amides is 1. The average molecular weight is 258 g/mol. The SMILES string of the molecule is Cc1cc(C(=O)N(C)CCc2ccncc2)nn1C. The summed E-state index contributed by atoms with van der Waals surface area (Å²) in [6.45, 7) is 2.60. The molecule has 0 fully saturated rings. The van der Waals surface area contributed by atoms with Crippen molar-refractivity contribution < 1.29 is 4.79 Å². The second-order valence-corrected chi connectivity index (χ2v) is 4.63. The minimum Gasteiger partial charge on any atom is -0.340 e. The van der Waals surface area contributed by atoms with Crippen LogP contribution >= 0.6 is 0 Å². The first-order chi connectivity index (χ1) is 9.08. The van der Waals surface area contributed by atoms with Crippen molar-refractivity contribution in [3.8, 4) is 0 Å². The number of hydrogen-bond acceptors (Lipinski definition) is 3. The van der Waals surface area contributed by atoms with Gasteiger partial charge in [-0.3, -0.25) is 14.5 Å². The molecule has 0 aromatic carbocycles. The van der Waals surface area contributed by atoms with Gasteiger partial charge in [-0.2, -0.15) is 5.10 Å². The summed E-state index contributed by atoms with van der Waals surface area (Å²) >= 11 is 0. The molecule has 0 bridgehead atoms. The van der Waals surface area contributed by atoms with Crippen LogP contribution in [0.3, 0.4) is 0 Å². The van der Waals surface area contributed by atoms with Gasteiger partial charge in [-0.1, -0.05) is 0 Å². The number of carbonyl (C=O) groups is 1. The van der Waals surface area contributed by atoms with Crippen molar-refractivity contribution in [2.45, 2.75) is 13.3 Å². The van der Waals surface area contributed by atoms with Crippen molar-refractivity contribution in [2.75, 3.05) is 13.6 Å². The van der Waals surface area contributed by atoms with Crippen molar-refractivity contribution in [3.05, 3.63) is 47.5 Å². The number of carbonyl (C=O) groups excluding carboxylic acids is 1. The summed E-state index contributed by atoms with van der Waals surface area (Å²) < 4.78 is 1.71. The Morgan fingerprint density at radius 3 is 2.63 bits per heavy atom. The van der Waals surface area contributed by atoms with Crippen LogP contribution in [0.2, 0.25) is 0 Å². The third kappa shape index (κ3) is 3.19. The molecule has 0 aliphatic rings. The molecule has 0 N–H and O–H groups in total. The van der Waals surface area contributed by atoms with Crippen LogP contribution in [0.1, 0.15) is 21.7 Å². The van der Waals surface area contributed by atoms with Gasteiger partial charge in [0.25, 0.3) is 5.91 Å². The quantitative estimate of drug-likeness (QED) is 0.833. The normalized spacial score (nSPS) is 10.5. The van der Waals surface area contributed by atoms with Crippen LogP contribution < -0.4 is 0 Å². The van der Waals surface area contributed by atoms with E-state index in [1.54, 1.807) is 29.0 Å². The molecule has 0 aliphatic heterocycles. The van der Waals surface area contributed by atoms with E-state index in [9.17, 15) is 4.79 Å². The molecule has 5 nitrogen and oxygen atoms in total. The van der Waals surface area contributed by atoms with Crippen molar-refractivity contribution >= 4 is 5.91 Å². The van der Waals surface area contributed by atoms with Gasteiger partial charge >= 0.3 is 0 Å². The molecule has 5 heteroatoms. The number of aryl methyl sites for hydroxylation is 2. The monoisotopic (exact) mass is 258 g/mol. The first-order valence-corrected chi connectivity index (χ1v) is 6.23. The van der Waals surface area contributed by atoms with Gasteiger partial charge in [0.1, 0.15) is 0 Å². The van der Waals surface area contributed by atoms with Crippen LogP contribution in [0, 0.1) is 6.92 Å². The summed E-state index contributed by atoms with van der Waals surface area (Å²) in [5.74, 6) is -0.0437. The lowest BCUT2D eigenvalue weighted by atomic mass is 10.2. The highest BCUT2D eigenvalue weighted by atomic mass is 16.2. The van der Waals surface area contributed by atoms with Crippen molar-refractivity contribution in [1.82, 2.24) is 19.7 Å². The average Bonchev–Trinajstić information content (AvgIpc) is 2.76. The van der Waals surface area contributed by atoms with Crippen LogP contribution in [-0.2, 0) is 13.5 Å². The lowest BCUT2D eigenvalue weighted by molar-refractivity contribution is 0.0790. The van der Waals surface area contributed by atoms with Crippen molar-refractivity contribution in [2.24, 2.45) is 7.05 Å². The lowest BCUT2D eigenvalue weighted by Gasteiger charge is -2.15. The number of pyridine rings is 1. The predicted molar refractivity (Wildman–Crippen MR) is 72.8 cm³/mol. The summed E-state index contributed by atoms with van der Waals surface area (Å²) in [5, 5.41) is 4.20. The molecule has 1 amide bonds. The van der Waals surface area contributed by atoms with Gasteiger partial charge in [-0.15, -0.1) is 0 Å². The molecule has 0 saturated heterocycles. The summed E-state index contributed by atoms with van der Waals surface area (Å²) in [7, 11) is 3.64. The van der Waals surface area contributed by atoms with Gasteiger partial charge in [-0.25, -0.2) is 0 Å². The third-order valence-electron chi connectivity index (χ3n) is 3.16. The highest BCUT2D eigenvalue weighted by molar-refractivity contribution is 5.92. The van der Waals surface area contributed by atoms with Crippen LogP contribution in [0.25, 0.3) is 0 Å². The first-order valence-electron chi connectivity index (χ1n) is 6.23. The van der Waals surface area contributed by atoms with Gasteiger partial charge in [0.05, 0.1) is 0 Å². The standard InChI is InChI=1S/C14H18N4O/c1-11-10-13(16-18(11)3)14(19)17(2)9-6-12-4-7-15-8-5-12/h4-5,7-8,10H,6,9H2,1-3H3. The number of aromatic nitrogens is 3. The van der Waals surface area contributed by atoms with Crippen molar-refractivity contribution in [1.29, 1.82) is 0 Å². The number of rotatable bonds is 4. The van der Waals surface area contributed by atoms with E-state index in [0.29, 0.717) is 12.2 Å². The Balaban J connectivity index is 1.96. The second kappa shape index (κ2) is 5.65. The zero-order chi connectivity index (χ0) is 13.8. The molecule has 2 rings (SSSR count). The molecular weight excluding hydrogens is 240 g/mol. The lowest BCUT2D eigenvalue weighted by Crippen LogP contribution is -2.29. The fourth-order valence-corrected chi connectivity index (χ4v) is 1.81. The number of nitrogens with zero attached hydrogens (tertiary/aromatic N) is 4. The molecule has 100 valence electrons. The molecule has 0 unspecified atom stereocenters. The Morgan fingerprint density at radius 2 is 2.05 bits per heavy atom. The Bertz CT molecular complexity index is 543. The molecule has 0 radical (unpaired) electrons. The molecule has 0 atom stereocenters. The zero-order valence-corrected chi connectivity index (χ0v) is 11.5. The topological polar surface area (TPSA) is 51.0 Å². The number of likely N-dealkylation sites (N-methyl/N-ethyl adjacent to an activating group) is 1. The molecule has 2 aromatic heterocycles. The zero-order valence-electron chi connectivity index (χ0n) is 11.5. The Labute approximate surface area is 112 Å². The predicted octanol–water partition coefficient (Wildman–Crippen LogP) is 1.44. The van der Waals surface area contributed by atoms with E-state index in [-0.39, 0.29) is 5.91 Å². The van der Waals surface area contributed by atoms with Gasteiger partial charge in [0.2, 0.25) is 0 Å². The van der Waals surface area contributed by atoms with E-state index in [2.05, 4.69) is 10.1 Å². The fraction of sp³-hybridized carbons (Fsp3) is 0.357. The second-order valence-electron chi connectivity index (χ2n) is 4.63. The van der Waals surface area contributed by atoms with Crippen LogP contribution in [0.4, 0.5) is 0 Å². The van der Waals surface area contributed by atoms with Gasteiger partial charge in [-0.05, 0) is 37.1 Å². The molecule has 0 spiro atoms. The van der Waals surface area contributed by atoms with Crippen LogP contribution in [-0.4, -0.2) is 39.2 Å². The minimum absolute atomic E-state index is 0.0437. The molecule has 2 heterocycles. The summed E-state index contributed by atoms with van der Waals surface area (Å²) in [4.78, 5) is 17.8. The van der Waals surface area contributed by atoms with Crippen LogP contribution in [0.5, 0.6) is 0 Å². The van der Waals surface area contributed by atoms with Crippen LogP contribution in [0.15, 0.2) is 30.6 Å². The van der Waals surface area contributed by atoms with E-state index in [0.717, 1.165) is 12.1 Å². The highest BCUT2D eigenvalue weighted by Crippen LogP contribution is 2.06. The maximum Gasteiger partial charge on any atom is 0.274 e. The maximum absolute atomic E-state index is 12.2. The summed E-state index contributed by atoms with van der Waals surface area (Å²) in [6, 6.07) is 5.73. The third-order valence-corrected chi connectivity index (χ3v) is 3.16. The Hall–Kier alpha value is -2.17. The summed E-state index contributed by atoms with van der Waals surface area (Å²) in [6.07, 6.45) is 4.34. The van der Waals surface area contributed by atoms with E-state index >= 15 is 0 Å². The molecular formula is C14H18N4O. The smallest absolute Gasteiger partial charge is 0.274 e. The highest BCUT2D eigenvalue weighted by Gasteiger charge is 2.15. The molecule has 2 aromatic rings. The molecule has 0 aliphatic carbocycles. The van der Waals surface area contributed by atoms with E-state index in [4.69, 9.17) is 0 Å². The number of hydrogen-bond donors (Lipinski definition) is 0. The fourth-order valence-electron chi connectivity index (χ4n) is 1.81. The maximum atomic E-state index is 12.2. The largest absolute Gasteiger partial charge is 0.340 e. The van der Waals surface area contributed by atoms with Gasteiger partial charge < -0.3 is 4.90 Å². The molecule has 0 saturated carbocycles. The van der Waals surface area contributed by atoms with Crippen molar-refractivity contribution in [3.63, 3.8) is 0 Å². The van der Waals surface area contributed by atoms with E-state index in [1.807, 2.05) is 32.2 Å². The minimum atomic E-state index is -0.0437. The van der Waals surface area contributed by atoms with Gasteiger partial charge in [0, 0.05) is 38.7 Å². The Morgan fingerprint density at radius 1 is 1.37 bits per heavy atom. The van der Waals surface area contributed by atoms with E-state index in [1.165, 1.54) is 5.56 Å².